The highest BCUT2D eigenvalue weighted by Crippen LogP contribution is 2.38. The van der Waals surface area contributed by atoms with Crippen LogP contribution in [0.5, 0.6) is 0 Å². The van der Waals surface area contributed by atoms with E-state index in [4.69, 9.17) is 14.2 Å². The number of hydrogen-bond donors (Lipinski definition) is 0. The van der Waals surface area contributed by atoms with Gasteiger partial charge in [0.15, 0.2) is 0 Å². The largest absolute Gasteiger partial charge is 0.469 e. The molecule has 2 fully saturated rings. The van der Waals surface area contributed by atoms with Gasteiger partial charge < -0.3 is 14.2 Å². The lowest BCUT2D eigenvalue weighted by Gasteiger charge is -2.49. The number of esters is 2. The molecular formula is C14H21NO6. The Hall–Kier alpha value is -1.63. The number of piperidine rings is 2. The van der Waals surface area contributed by atoms with Crippen molar-refractivity contribution in [3.8, 4) is 0 Å². The van der Waals surface area contributed by atoms with Gasteiger partial charge in [0, 0.05) is 24.9 Å². The third kappa shape index (κ3) is 3.53. The summed E-state index contributed by atoms with van der Waals surface area (Å²) in [6.07, 6.45) is 2.32. The molecule has 118 valence electrons. The third-order valence-electron chi connectivity index (χ3n) is 4.44. The molecule has 0 aliphatic carbocycles. The Kier molecular flexibility index (Phi) is 5.17. The summed E-state index contributed by atoms with van der Waals surface area (Å²) < 4.78 is 14.6. The molecule has 2 aliphatic rings. The molecule has 0 aromatic carbocycles. The van der Waals surface area contributed by atoms with E-state index in [0.717, 1.165) is 0 Å². The number of carbonyl (C=O) groups excluding carboxylic acids is 3. The van der Waals surface area contributed by atoms with E-state index in [1.165, 1.54) is 14.2 Å². The Morgan fingerprint density at radius 3 is 2.19 bits per heavy atom. The van der Waals surface area contributed by atoms with Crippen LogP contribution < -0.4 is 0 Å². The van der Waals surface area contributed by atoms with Gasteiger partial charge in [-0.15, -0.1) is 0 Å². The topological polar surface area (TPSA) is 82.1 Å². The van der Waals surface area contributed by atoms with Crippen molar-refractivity contribution in [2.45, 2.75) is 43.9 Å². The number of carbonyl (C=O) groups is 3. The molecule has 0 saturated carbocycles. The molecule has 0 aromatic rings. The first-order chi connectivity index (χ1) is 10.1. The highest BCUT2D eigenvalue weighted by atomic mass is 16.5. The average molecular weight is 299 g/mol. The van der Waals surface area contributed by atoms with Gasteiger partial charge in [0.25, 0.3) is 6.47 Å². The van der Waals surface area contributed by atoms with Crippen molar-refractivity contribution in [1.29, 1.82) is 0 Å². The summed E-state index contributed by atoms with van der Waals surface area (Å²) in [5.74, 6) is -0.662. The third-order valence-corrected chi connectivity index (χ3v) is 4.44. The zero-order valence-corrected chi connectivity index (χ0v) is 12.3. The molecule has 2 unspecified atom stereocenters. The molecule has 2 atom stereocenters. The van der Waals surface area contributed by atoms with Crippen LogP contribution in [-0.2, 0) is 28.6 Å². The number of nitrogens with zero attached hydrogens (tertiary/aromatic N) is 1. The lowest BCUT2D eigenvalue weighted by atomic mass is 9.77. The van der Waals surface area contributed by atoms with Crippen LogP contribution in [0.1, 0.15) is 25.7 Å². The van der Waals surface area contributed by atoms with Gasteiger partial charge in [0.05, 0.1) is 26.7 Å². The average Bonchev–Trinajstić information content (AvgIpc) is 2.46. The Bertz CT molecular complexity index is 396. The molecule has 2 saturated heterocycles. The summed E-state index contributed by atoms with van der Waals surface area (Å²) >= 11 is 0. The first-order valence-electron chi connectivity index (χ1n) is 7.08. The van der Waals surface area contributed by atoms with Crippen LogP contribution in [0, 0.1) is 5.92 Å². The molecule has 0 radical (unpaired) electrons. The van der Waals surface area contributed by atoms with E-state index in [2.05, 4.69) is 4.90 Å². The quantitative estimate of drug-likeness (QED) is 0.405. The van der Waals surface area contributed by atoms with E-state index in [1.54, 1.807) is 0 Å². The van der Waals surface area contributed by atoms with Crippen LogP contribution in [-0.4, -0.2) is 62.3 Å². The SMILES string of the molecule is COC(=O)CN1C2CC(OC=O)CC1CC(C(=O)OC)C2. The summed E-state index contributed by atoms with van der Waals surface area (Å²) in [4.78, 5) is 35.9. The molecule has 2 aliphatic heterocycles. The number of hydrogen-bond acceptors (Lipinski definition) is 7. The maximum Gasteiger partial charge on any atom is 0.319 e. The molecule has 2 bridgehead atoms. The summed E-state index contributed by atoms with van der Waals surface area (Å²) in [6.45, 7) is 0.668. The van der Waals surface area contributed by atoms with Gasteiger partial charge in [-0.1, -0.05) is 0 Å². The second-order valence-corrected chi connectivity index (χ2v) is 5.57. The predicted octanol–water partition coefficient (Wildman–Crippen LogP) is 0.117. The Balaban J connectivity index is 2.09. The lowest BCUT2D eigenvalue weighted by molar-refractivity contribution is -0.158. The maximum atomic E-state index is 11.8. The van der Waals surface area contributed by atoms with E-state index in [-0.39, 0.29) is 42.6 Å². The number of methoxy groups -OCH3 is 2. The molecule has 7 nitrogen and oxygen atoms in total. The number of rotatable bonds is 5. The van der Waals surface area contributed by atoms with E-state index >= 15 is 0 Å². The Morgan fingerprint density at radius 2 is 1.71 bits per heavy atom. The van der Waals surface area contributed by atoms with Gasteiger partial charge in [0.1, 0.15) is 6.10 Å². The second-order valence-electron chi connectivity index (χ2n) is 5.57. The molecule has 21 heavy (non-hydrogen) atoms. The van der Waals surface area contributed by atoms with Crippen molar-refractivity contribution in [2.24, 2.45) is 5.92 Å². The lowest BCUT2D eigenvalue weighted by Crippen LogP contribution is -2.58. The van der Waals surface area contributed by atoms with Crippen molar-refractivity contribution in [3.05, 3.63) is 0 Å². The zero-order valence-electron chi connectivity index (χ0n) is 12.3. The van der Waals surface area contributed by atoms with E-state index < -0.39 is 0 Å². The first-order valence-corrected chi connectivity index (χ1v) is 7.08. The highest BCUT2D eigenvalue weighted by Gasteiger charge is 2.45. The highest BCUT2D eigenvalue weighted by molar-refractivity contribution is 5.73. The standard InChI is InChI=1S/C14H21NO6/c1-19-13(17)7-15-10-3-9(14(18)20-2)4-11(15)6-12(5-10)21-8-16/h8-12H,3-7H2,1-2H3. The maximum absolute atomic E-state index is 11.8. The minimum absolute atomic E-state index is 0.0191. The van der Waals surface area contributed by atoms with Crippen LogP contribution >= 0.6 is 0 Å². The van der Waals surface area contributed by atoms with Gasteiger partial charge in [-0.25, -0.2) is 0 Å². The van der Waals surface area contributed by atoms with E-state index in [9.17, 15) is 14.4 Å². The monoisotopic (exact) mass is 299 g/mol. The van der Waals surface area contributed by atoms with Gasteiger partial charge in [-0.3, -0.25) is 19.3 Å². The molecule has 7 heteroatoms. The van der Waals surface area contributed by atoms with Crippen molar-refractivity contribution < 1.29 is 28.6 Å². The number of ether oxygens (including phenoxy) is 3. The van der Waals surface area contributed by atoms with Crippen molar-refractivity contribution >= 4 is 18.4 Å². The molecule has 0 aromatic heterocycles. The van der Waals surface area contributed by atoms with Gasteiger partial charge in [-0.2, -0.15) is 0 Å². The Labute approximate surface area is 123 Å². The smallest absolute Gasteiger partial charge is 0.319 e. The van der Waals surface area contributed by atoms with E-state index in [0.29, 0.717) is 32.2 Å². The van der Waals surface area contributed by atoms with Crippen LogP contribution in [0.3, 0.4) is 0 Å². The fraction of sp³-hybridized carbons (Fsp3) is 0.786. The minimum atomic E-state index is -0.295. The zero-order chi connectivity index (χ0) is 15.4. The Morgan fingerprint density at radius 1 is 1.10 bits per heavy atom. The summed E-state index contributed by atoms with van der Waals surface area (Å²) in [5, 5.41) is 0. The molecule has 2 rings (SSSR count). The van der Waals surface area contributed by atoms with Crippen LogP contribution in [0.4, 0.5) is 0 Å². The van der Waals surface area contributed by atoms with Crippen LogP contribution in [0.2, 0.25) is 0 Å². The molecule has 0 amide bonds. The first kappa shape index (κ1) is 15.8. The number of fused-ring (bicyclic) bond motifs is 2. The van der Waals surface area contributed by atoms with Gasteiger partial charge >= 0.3 is 11.9 Å². The predicted molar refractivity (Wildman–Crippen MR) is 71.2 cm³/mol. The molecule has 0 spiro atoms. The van der Waals surface area contributed by atoms with Crippen LogP contribution in [0.25, 0.3) is 0 Å². The van der Waals surface area contributed by atoms with Crippen molar-refractivity contribution in [2.75, 3.05) is 20.8 Å². The molecule has 0 N–H and O–H groups in total. The summed E-state index contributed by atoms with van der Waals surface area (Å²) in [7, 11) is 2.74. The van der Waals surface area contributed by atoms with Crippen LogP contribution in [0.15, 0.2) is 0 Å². The van der Waals surface area contributed by atoms with Crippen molar-refractivity contribution in [1.82, 2.24) is 4.90 Å². The van der Waals surface area contributed by atoms with Gasteiger partial charge in [0.2, 0.25) is 0 Å². The minimum Gasteiger partial charge on any atom is -0.469 e. The molecule has 2 heterocycles. The molecular weight excluding hydrogens is 278 g/mol. The van der Waals surface area contributed by atoms with E-state index in [1.807, 2.05) is 0 Å². The fourth-order valence-electron chi connectivity index (χ4n) is 3.51. The summed E-state index contributed by atoms with van der Waals surface area (Å²) in [5.41, 5.74) is 0. The summed E-state index contributed by atoms with van der Waals surface area (Å²) in [6, 6.07) is 0.0382. The second kappa shape index (κ2) is 6.89. The van der Waals surface area contributed by atoms with Crippen molar-refractivity contribution in [3.63, 3.8) is 0 Å². The normalized spacial score (nSPS) is 32.1. The van der Waals surface area contributed by atoms with Gasteiger partial charge in [-0.05, 0) is 12.8 Å². The fourth-order valence-corrected chi connectivity index (χ4v) is 3.51.